The molecule has 164 valence electrons. The summed E-state index contributed by atoms with van der Waals surface area (Å²) in [6, 6.07) is 15.8. The molecule has 8 nitrogen and oxygen atoms in total. The summed E-state index contributed by atoms with van der Waals surface area (Å²) in [6.07, 6.45) is 0.618. The number of hydrogen-bond donors (Lipinski definition) is 3. The largest absolute Gasteiger partial charge is 0.465 e. The van der Waals surface area contributed by atoms with Crippen LogP contribution in [0.3, 0.4) is 0 Å². The van der Waals surface area contributed by atoms with E-state index in [0.717, 1.165) is 18.4 Å². The number of nitrogens with zero attached hydrogens (tertiary/aromatic N) is 3. The van der Waals surface area contributed by atoms with Crippen LogP contribution in [0.25, 0.3) is 0 Å². The van der Waals surface area contributed by atoms with Crippen molar-refractivity contribution in [1.29, 1.82) is 10.5 Å². The third-order valence-electron chi connectivity index (χ3n) is 4.70. The van der Waals surface area contributed by atoms with Crippen molar-refractivity contribution in [3.8, 4) is 12.1 Å². The maximum absolute atomic E-state index is 11.6. The van der Waals surface area contributed by atoms with Crippen molar-refractivity contribution < 1.29 is 14.7 Å². The summed E-state index contributed by atoms with van der Waals surface area (Å²) in [5.74, 6) is -1.17. The van der Waals surface area contributed by atoms with Crippen molar-refractivity contribution >= 4 is 46.6 Å². The van der Waals surface area contributed by atoms with Crippen molar-refractivity contribution in [2.45, 2.75) is 31.6 Å². The molecular weight excluding hydrogens is 453 g/mol. The minimum atomic E-state index is -1.60. The number of carbonyl (C=O) groups excluding carboxylic acids is 1. The molecule has 0 bridgehead atoms. The predicted molar refractivity (Wildman–Crippen MR) is 122 cm³/mol. The maximum Gasteiger partial charge on any atom is 0.411 e. The lowest BCUT2D eigenvalue weighted by molar-refractivity contribution is -0.114. The van der Waals surface area contributed by atoms with Crippen LogP contribution < -0.4 is 10.7 Å². The number of carboxylic acid groups (broad SMARTS) is 1. The van der Waals surface area contributed by atoms with Crippen LogP contribution >= 0.6 is 23.2 Å². The highest BCUT2D eigenvalue weighted by molar-refractivity contribution is 6.46. The average molecular weight is 472 g/mol. The van der Waals surface area contributed by atoms with Crippen LogP contribution in [-0.2, 0) is 10.2 Å². The molecular formula is C22H19Cl2N5O3. The van der Waals surface area contributed by atoms with Crippen LogP contribution in [-0.4, -0.2) is 22.8 Å². The standard InChI is InChI=1S/C22H19Cl2N5O3/c1-2-3-10-22(13-26,14-4-6-15(23)7-5-14)17-9-8-16(11-18(17)24)28-29-19(12-25)20(30)27-21(31)32/h4-9,11,28H,2-3,10H2,1H3,(H,27,30)(H,31,32). The molecule has 2 rings (SSSR count). The van der Waals surface area contributed by atoms with Gasteiger partial charge in [-0.15, -0.1) is 0 Å². The first-order chi connectivity index (χ1) is 15.3. The number of hydrazone groups is 1. The van der Waals surface area contributed by atoms with Crippen molar-refractivity contribution in [2.75, 3.05) is 5.43 Å². The number of nitrogens with one attached hydrogen (secondary N) is 2. The van der Waals surface area contributed by atoms with Gasteiger partial charge < -0.3 is 5.11 Å². The number of halogens is 2. The number of amides is 2. The Hall–Kier alpha value is -3.59. The lowest BCUT2D eigenvalue weighted by atomic mass is 9.72. The smallest absolute Gasteiger partial charge is 0.411 e. The summed E-state index contributed by atoms with van der Waals surface area (Å²) in [5.41, 5.74) is 2.52. The first-order valence-corrected chi connectivity index (χ1v) is 10.3. The summed E-state index contributed by atoms with van der Waals surface area (Å²) in [6.45, 7) is 2.03. The second-order valence-electron chi connectivity index (χ2n) is 6.77. The molecule has 2 aromatic rings. The van der Waals surface area contributed by atoms with E-state index >= 15 is 0 Å². The summed E-state index contributed by atoms with van der Waals surface area (Å²) in [4.78, 5) is 22.2. The Balaban J connectivity index is 2.42. The van der Waals surface area contributed by atoms with E-state index in [2.05, 4.69) is 16.6 Å². The summed E-state index contributed by atoms with van der Waals surface area (Å²) in [7, 11) is 0. The van der Waals surface area contributed by atoms with E-state index in [1.54, 1.807) is 36.4 Å². The Morgan fingerprint density at radius 3 is 2.38 bits per heavy atom. The summed E-state index contributed by atoms with van der Waals surface area (Å²) < 4.78 is 0. The van der Waals surface area contributed by atoms with E-state index in [0.29, 0.717) is 22.7 Å². The van der Waals surface area contributed by atoms with Gasteiger partial charge in [-0.25, -0.2) is 4.79 Å². The molecule has 0 radical (unpaired) electrons. The van der Waals surface area contributed by atoms with Crippen LogP contribution in [0.5, 0.6) is 0 Å². The SMILES string of the molecule is CCCCC(C#N)(c1ccc(Cl)cc1)c1ccc(NN=C(C#N)C(=O)NC(=O)O)cc1Cl. The van der Waals surface area contributed by atoms with Crippen LogP contribution in [0, 0.1) is 22.7 Å². The van der Waals surface area contributed by atoms with Gasteiger partial charge in [0.1, 0.15) is 11.5 Å². The normalized spacial score (nSPS) is 12.7. The second-order valence-corrected chi connectivity index (χ2v) is 7.61. The fourth-order valence-corrected chi connectivity index (χ4v) is 3.59. The fourth-order valence-electron chi connectivity index (χ4n) is 3.13. The first-order valence-electron chi connectivity index (χ1n) is 9.52. The number of carbonyl (C=O) groups is 2. The molecule has 2 aromatic carbocycles. The molecule has 0 aliphatic rings. The Kier molecular flexibility index (Phi) is 8.60. The van der Waals surface area contributed by atoms with E-state index in [1.807, 2.05) is 6.92 Å². The van der Waals surface area contributed by atoms with Gasteiger partial charge in [-0.2, -0.15) is 15.6 Å². The van der Waals surface area contributed by atoms with E-state index in [-0.39, 0.29) is 5.02 Å². The molecule has 32 heavy (non-hydrogen) atoms. The Labute approximate surface area is 195 Å². The predicted octanol–water partition coefficient (Wildman–Crippen LogP) is 5.08. The third kappa shape index (κ3) is 5.76. The fraction of sp³-hybridized carbons (Fsp3) is 0.227. The van der Waals surface area contributed by atoms with E-state index in [4.69, 9.17) is 33.6 Å². The first kappa shape index (κ1) is 24.7. The molecule has 10 heteroatoms. The molecule has 0 aliphatic heterocycles. The quantitative estimate of drug-likeness (QED) is 0.362. The number of hydrogen-bond acceptors (Lipinski definition) is 6. The maximum atomic E-state index is 11.6. The molecule has 0 fully saturated rings. The molecule has 0 heterocycles. The van der Waals surface area contributed by atoms with Crippen molar-refractivity contribution in [1.82, 2.24) is 5.32 Å². The lowest BCUT2D eigenvalue weighted by Crippen LogP contribution is -2.34. The van der Waals surface area contributed by atoms with Gasteiger partial charge in [0, 0.05) is 10.0 Å². The minimum Gasteiger partial charge on any atom is -0.465 e. The van der Waals surface area contributed by atoms with E-state index in [1.165, 1.54) is 17.5 Å². The Morgan fingerprint density at radius 1 is 1.16 bits per heavy atom. The van der Waals surface area contributed by atoms with Gasteiger partial charge in [0.25, 0.3) is 5.91 Å². The molecule has 0 saturated carbocycles. The highest BCUT2D eigenvalue weighted by Gasteiger charge is 2.36. The molecule has 0 aliphatic carbocycles. The van der Waals surface area contributed by atoms with Gasteiger partial charge in [-0.1, -0.05) is 61.2 Å². The topological polar surface area (TPSA) is 138 Å². The molecule has 1 unspecified atom stereocenters. The zero-order valence-corrected chi connectivity index (χ0v) is 18.5. The molecule has 1 atom stereocenters. The number of nitriles is 2. The van der Waals surface area contributed by atoms with Crippen LogP contribution in [0.15, 0.2) is 47.6 Å². The van der Waals surface area contributed by atoms with E-state index in [9.17, 15) is 14.9 Å². The second kappa shape index (κ2) is 11.1. The van der Waals surface area contributed by atoms with Crippen LogP contribution in [0.2, 0.25) is 10.0 Å². The highest BCUT2D eigenvalue weighted by Crippen LogP contribution is 2.41. The monoisotopic (exact) mass is 471 g/mol. The molecule has 0 aromatic heterocycles. The van der Waals surface area contributed by atoms with E-state index < -0.39 is 23.1 Å². The minimum absolute atomic E-state index is 0.284. The van der Waals surface area contributed by atoms with Crippen molar-refractivity contribution in [3.63, 3.8) is 0 Å². The molecule has 2 amide bonds. The average Bonchev–Trinajstić information content (AvgIpc) is 2.76. The van der Waals surface area contributed by atoms with Gasteiger partial charge in [-0.05, 0) is 41.8 Å². The zero-order valence-electron chi connectivity index (χ0n) is 17.0. The zero-order chi connectivity index (χ0) is 23.7. The lowest BCUT2D eigenvalue weighted by Gasteiger charge is -2.29. The molecule has 0 spiro atoms. The van der Waals surface area contributed by atoms with Crippen LogP contribution in [0.1, 0.15) is 37.3 Å². The number of rotatable bonds is 8. The Morgan fingerprint density at radius 2 is 1.84 bits per heavy atom. The molecule has 0 saturated heterocycles. The molecule has 3 N–H and O–H groups in total. The summed E-state index contributed by atoms with van der Waals surface area (Å²) >= 11 is 12.6. The van der Waals surface area contributed by atoms with Crippen molar-refractivity contribution in [3.05, 3.63) is 63.6 Å². The number of imide groups is 1. The van der Waals surface area contributed by atoms with Gasteiger partial charge in [-0.3, -0.25) is 15.5 Å². The van der Waals surface area contributed by atoms with Gasteiger partial charge in [0.15, 0.2) is 0 Å². The van der Waals surface area contributed by atoms with Crippen LogP contribution in [0.4, 0.5) is 10.5 Å². The van der Waals surface area contributed by atoms with Gasteiger partial charge in [0.05, 0.1) is 11.8 Å². The number of unbranched alkanes of at least 4 members (excludes halogenated alkanes) is 1. The highest BCUT2D eigenvalue weighted by atomic mass is 35.5. The van der Waals surface area contributed by atoms with Gasteiger partial charge in [0.2, 0.25) is 5.71 Å². The van der Waals surface area contributed by atoms with Crippen molar-refractivity contribution in [2.24, 2.45) is 5.10 Å². The van der Waals surface area contributed by atoms with Gasteiger partial charge >= 0.3 is 6.09 Å². The summed E-state index contributed by atoms with van der Waals surface area (Å²) in [5, 5.41) is 33.8. The third-order valence-corrected chi connectivity index (χ3v) is 5.27. The number of anilines is 1. The Bertz CT molecular complexity index is 1120. The number of benzene rings is 2.